The van der Waals surface area contributed by atoms with Crippen molar-refractivity contribution in [2.24, 2.45) is 0 Å². The quantitative estimate of drug-likeness (QED) is 0.162. The van der Waals surface area contributed by atoms with Gasteiger partial charge < -0.3 is 9.47 Å². The lowest BCUT2D eigenvalue weighted by Crippen LogP contribution is -2.13. The molecule has 0 aliphatic rings. The molecule has 0 N–H and O–H groups in total. The monoisotopic (exact) mass is 668 g/mol. The summed E-state index contributed by atoms with van der Waals surface area (Å²) in [5, 5.41) is 7.41. The predicted octanol–water partition coefficient (Wildman–Crippen LogP) is 11.0. The van der Waals surface area contributed by atoms with Crippen LogP contribution in [0.2, 0.25) is 0 Å². The molecule has 0 saturated heterocycles. The number of nitrogens with zero attached hydrogens (tertiary/aromatic N) is 4. The van der Waals surface area contributed by atoms with E-state index < -0.39 is 0 Å². The van der Waals surface area contributed by atoms with E-state index >= 15 is 0 Å². The summed E-state index contributed by atoms with van der Waals surface area (Å²) in [5.74, 6) is 2.93. The van der Waals surface area contributed by atoms with Gasteiger partial charge in [-0.2, -0.15) is 0 Å². The highest BCUT2D eigenvalue weighted by Gasteiger charge is 2.24. The molecule has 0 radical (unpaired) electrons. The van der Waals surface area contributed by atoms with Crippen molar-refractivity contribution in [1.82, 2.24) is 19.3 Å². The molecule has 0 unspecified atom stereocenters. The molecule has 0 spiro atoms. The Bertz CT molecular complexity index is 2510. The van der Waals surface area contributed by atoms with Gasteiger partial charge in [0.1, 0.15) is 17.3 Å². The van der Waals surface area contributed by atoms with Crippen molar-refractivity contribution in [2.75, 3.05) is 7.11 Å². The molecule has 3 heterocycles. The highest BCUT2D eigenvalue weighted by molar-refractivity contribution is 6.09. The molecule has 0 aliphatic carbocycles. The molecule has 5 aromatic carbocycles. The minimum atomic E-state index is -0.152. The van der Waals surface area contributed by atoms with Gasteiger partial charge in [0.05, 0.1) is 35.1 Å². The second-order valence-corrected chi connectivity index (χ2v) is 14.1. The fraction of sp³-hybridized carbons (Fsp3) is 0.156. The van der Waals surface area contributed by atoms with Gasteiger partial charge in [-0.1, -0.05) is 99.6 Å². The van der Waals surface area contributed by atoms with Gasteiger partial charge in [0.2, 0.25) is 5.88 Å². The Morgan fingerprint density at radius 1 is 0.686 bits per heavy atom. The van der Waals surface area contributed by atoms with Gasteiger partial charge in [-0.3, -0.25) is 4.57 Å². The van der Waals surface area contributed by atoms with E-state index in [4.69, 9.17) is 19.6 Å². The van der Waals surface area contributed by atoms with Crippen molar-refractivity contribution in [2.45, 2.75) is 39.5 Å². The summed E-state index contributed by atoms with van der Waals surface area (Å²) in [5.41, 5.74) is 9.45. The molecule has 8 rings (SSSR count). The standard InChI is InChI=1S/C45H40N4O2/c1-30-22-23-46-42(24-30)48-39-19-13-12-18-37(39)38-21-20-35(29-40(38)48)51-36-27-33(45(2,3)4)26-34(28-36)49-41(25-31-14-8-6-9-15-31)43(44(47-49)50-5)32-16-10-7-11-17-32/h6-24,26-29H,25H2,1-5H3. The Kier molecular flexibility index (Phi) is 8.15. The number of fused-ring (bicyclic) bond motifs is 3. The summed E-state index contributed by atoms with van der Waals surface area (Å²) in [7, 11) is 1.69. The summed E-state index contributed by atoms with van der Waals surface area (Å²) in [4.78, 5) is 4.76. The highest BCUT2D eigenvalue weighted by atomic mass is 16.5. The third kappa shape index (κ3) is 6.14. The second-order valence-electron chi connectivity index (χ2n) is 14.1. The van der Waals surface area contributed by atoms with Crippen molar-refractivity contribution < 1.29 is 9.47 Å². The molecular weight excluding hydrogens is 629 g/mol. The summed E-state index contributed by atoms with van der Waals surface area (Å²) in [6.07, 6.45) is 2.54. The summed E-state index contributed by atoms with van der Waals surface area (Å²) >= 11 is 0. The first-order valence-corrected chi connectivity index (χ1v) is 17.3. The average Bonchev–Trinajstić information content (AvgIpc) is 3.67. The van der Waals surface area contributed by atoms with Crippen molar-refractivity contribution in [3.8, 4) is 40.0 Å². The molecule has 6 heteroatoms. The van der Waals surface area contributed by atoms with Crippen LogP contribution < -0.4 is 9.47 Å². The van der Waals surface area contributed by atoms with Crippen LogP contribution >= 0.6 is 0 Å². The molecule has 51 heavy (non-hydrogen) atoms. The van der Waals surface area contributed by atoms with E-state index in [0.717, 1.165) is 67.4 Å². The Morgan fingerprint density at radius 2 is 1.41 bits per heavy atom. The maximum atomic E-state index is 6.80. The Hall–Kier alpha value is -6.14. The smallest absolute Gasteiger partial charge is 0.241 e. The average molecular weight is 669 g/mol. The molecule has 0 bridgehead atoms. The van der Waals surface area contributed by atoms with E-state index in [-0.39, 0.29) is 5.41 Å². The van der Waals surface area contributed by atoms with Crippen LogP contribution in [0, 0.1) is 6.92 Å². The zero-order valence-corrected chi connectivity index (χ0v) is 29.6. The summed E-state index contributed by atoms with van der Waals surface area (Å²) < 4.78 is 17.0. The second kappa shape index (κ2) is 13.0. The number of hydrogen-bond acceptors (Lipinski definition) is 4. The number of aromatic nitrogens is 4. The Labute approximate surface area is 298 Å². The fourth-order valence-electron chi connectivity index (χ4n) is 6.87. The lowest BCUT2D eigenvalue weighted by atomic mass is 9.86. The van der Waals surface area contributed by atoms with Crippen LogP contribution in [-0.4, -0.2) is 26.4 Å². The minimum Gasteiger partial charge on any atom is -0.479 e. The largest absolute Gasteiger partial charge is 0.479 e. The number of ether oxygens (including phenoxy) is 2. The van der Waals surface area contributed by atoms with Gasteiger partial charge in [-0.15, -0.1) is 5.10 Å². The van der Waals surface area contributed by atoms with E-state index in [1.807, 2.05) is 29.1 Å². The lowest BCUT2D eigenvalue weighted by molar-refractivity contribution is 0.395. The molecule has 0 atom stereocenters. The molecule has 8 aromatic rings. The van der Waals surface area contributed by atoms with Gasteiger partial charge in [0, 0.05) is 35.5 Å². The summed E-state index contributed by atoms with van der Waals surface area (Å²) in [6.45, 7) is 8.76. The number of aryl methyl sites for hydroxylation is 1. The number of rotatable bonds is 8. The first-order chi connectivity index (χ1) is 24.8. The molecule has 0 amide bonds. The number of methoxy groups -OCH3 is 1. The van der Waals surface area contributed by atoms with Gasteiger partial charge in [-0.25, -0.2) is 9.67 Å². The SMILES string of the molecule is COc1nn(-c2cc(Oc3ccc4c5ccccc5n(-c5cc(C)ccn5)c4c3)cc(C(C)(C)C)c2)c(Cc2ccccc2)c1-c1ccccc1. The highest BCUT2D eigenvalue weighted by Crippen LogP contribution is 2.39. The van der Waals surface area contributed by atoms with Crippen LogP contribution in [0.1, 0.15) is 43.2 Å². The van der Waals surface area contributed by atoms with Crippen LogP contribution in [0.15, 0.2) is 140 Å². The molecule has 252 valence electrons. The van der Waals surface area contributed by atoms with Crippen molar-refractivity contribution in [1.29, 1.82) is 0 Å². The maximum Gasteiger partial charge on any atom is 0.241 e. The normalized spacial score (nSPS) is 11.7. The van der Waals surface area contributed by atoms with Crippen molar-refractivity contribution in [3.63, 3.8) is 0 Å². The van der Waals surface area contributed by atoms with Gasteiger partial charge in [0.25, 0.3) is 0 Å². The van der Waals surface area contributed by atoms with Gasteiger partial charge in [-0.05, 0) is 77.1 Å². The van der Waals surface area contributed by atoms with Crippen LogP contribution in [0.5, 0.6) is 17.4 Å². The van der Waals surface area contributed by atoms with Crippen molar-refractivity contribution >= 4 is 21.8 Å². The number of hydrogen-bond donors (Lipinski definition) is 0. The Morgan fingerprint density at radius 3 is 2.16 bits per heavy atom. The minimum absolute atomic E-state index is 0.152. The number of pyridine rings is 1. The molecule has 0 aliphatic heterocycles. The first kappa shape index (κ1) is 32.1. The van der Waals surface area contributed by atoms with Crippen molar-refractivity contribution in [3.05, 3.63) is 162 Å². The summed E-state index contributed by atoms with van der Waals surface area (Å²) in [6, 6.07) is 46.2. The molecular formula is C45H40N4O2. The van der Waals surface area contributed by atoms with E-state index in [1.54, 1.807) is 7.11 Å². The third-order valence-corrected chi connectivity index (χ3v) is 9.43. The Balaban J connectivity index is 1.28. The molecule has 6 nitrogen and oxygen atoms in total. The van der Waals surface area contributed by atoms with Crippen LogP contribution in [-0.2, 0) is 11.8 Å². The zero-order valence-electron chi connectivity index (χ0n) is 29.6. The van der Waals surface area contributed by atoms with E-state index in [0.29, 0.717) is 12.3 Å². The van der Waals surface area contributed by atoms with Crippen LogP contribution in [0.3, 0.4) is 0 Å². The number of para-hydroxylation sites is 1. The first-order valence-electron chi connectivity index (χ1n) is 17.3. The van der Waals surface area contributed by atoms with Crippen LogP contribution in [0.25, 0.3) is 44.4 Å². The number of benzene rings is 5. The molecule has 0 saturated carbocycles. The lowest BCUT2D eigenvalue weighted by Gasteiger charge is -2.22. The predicted molar refractivity (Wildman–Crippen MR) is 207 cm³/mol. The third-order valence-electron chi connectivity index (χ3n) is 9.43. The van der Waals surface area contributed by atoms with Gasteiger partial charge >= 0.3 is 0 Å². The zero-order chi connectivity index (χ0) is 35.1. The topological polar surface area (TPSA) is 54.1 Å². The molecule has 0 fully saturated rings. The maximum absolute atomic E-state index is 6.80. The van der Waals surface area contributed by atoms with E-state index in [2.05, 4.69) is 148 Å². The molecule has 3 aromatic heterocycles. The fourth-order valence-corrected chi connectivity index (χ4v) is 6.87. The van der Waals surface area contributed by atoms with Gasteiger partial charge in [0.15, 0.2) is 0 Å². The van der Waals surface area contributed by atoms with E-state index in [9.17, 15) is 0 Å². The van der Waals surface area contributed by atoms with Crippen LogP contribution in [0.4, 0.5) is 0 Å². The van der Waals surface area contributed by atoms with E-state index in [1.165, 1.54) is 10.9 Å².